The Hall–Kier alpha value is -1.81. The maximum atomic E-state index is 12.3. The summed E-state index contributed by atoms with van der Waals surface area (Å²) in [6, 6.07) is 5.56. The molecule has 2 N–H and O–H groups in total. The molecule has 0 aliphatic carbocycles. The van der Waals surface area contributed by atoms with Crippen LogP contribution in [0, 0.1) is 12.3 Å². The molecule has 0 heterocycles. The number of ether oxygens (including phenoxy) is 1. The Balaban J connectivity index is 2.80. The lowest BCUT2D eigenvalue weighted by Crippen LogP contribution is -2.49. The van der Waals surface area contributed by atoms with E-state index >= 15 is 0 Å². The molecule has 0 aliphatic rings. The lowest BCUT2D eigenvalue weighted by Gasteiger charge is -2.31. The van der Waals surface area contributed by atoms with Crippen LogP contribution in [0.2, 0.25) is 0 Å². The molecule has 1 unspecified atom stereocenters. The van der Waals surface area contributed by atoms with E-state index in [9.17, 15) is 4.79 Å². The van der Waals surface area contributed by atoms with Crippen molar-refractivity contribution in [1.29, 1.82) is 0 Å². The first-order valence-corrected chi connectivity index (χ1v) is 7.11. The van der Waals surface area contributed by atoms with Crippen LogP contribution in [0.3, 0.4) is 0 Å². The Morgan fingerprint density at radius 1 is 1.43 bits per heavy atom. The Morgan fingerprint density at radius 3 is 2.62 bits per heavy atom. The molecule has 21 heavy (non-hydrogen) atoms. The van der Waals surface area contributed by atoms with Crippen molar-refractivity contribution in [3.8, 4) is 5.75 Å². The van der Waals surface area contributed by atoms with Crippen molar-refractivity contribution in [3.63, 3.8) is 0 Å². The minimum absolute atomic E-state index is 0.0187. The van der Waals surface area contributed by atoms with Crippen molar-refractivity contribution in [3.05, 3.63) is 42.0 Å². The molecule has 4 heteroatoms. The van der Waals surface area contributed by atoms with Crippen molar-refractivity contribution >= 4 is 5.91 Å². The standard InChI is InChI=1S/C17H26N2O2/c1-7-9-15(17(3,4)5)18-19-16(20)13-10-8-11-14(21-6)12(13)2/h7-8,10-11,15,18H,1,9H2,2-6H3,(H,19,20). The zero-order valence-corrected chi connectivity index (χ0v) is 13.6. The van der Waals surface area contributed by atoms with Gasteiger partial charge in [0.05, 0.1) is 7.11 Å². The highest BCUT2D eigenvalue weighted by Gasteiger charge is 2.24. The molecular weight excluding hydrogens is 264 g/mol. The van der Waals surface area contributed by atoms with Crippen LogP contribution >= 0.6 is 0 Å². The summed E-state index contributed by atoms with van der Waals surface area (Å²) in [6.07, 6.45) is 2.63. The van der Waals surface area contributed by atoms with Gasteiger partial charge in [-0.3, -0.25) is 10.2 Å². The van der Waals surface area contributed by atoms with Crippen LogP contribution in [0.5, 0.6) is 5.75 Å². The summed E-state index contributed by atoms with van der Waals surface area (Å²) >= 11 is 0. The van der Waals surface area contributed by atoms with E-state index in [1.54, 1.807) is 13.2 Å². The van der Waals surface area contributed by atoms with Gasteiger partial charge in [0.25, 0.3) is 5.91 Å². The fourth-order valence-electron chi connectivity index (χ4n) is 2.10. The van der Waals surface area contributed by atoms with E-state index in [4.69, 9.17) is 4.74 Å². The van der Waals surface area contributed by atoms with Gasteiger partial charge in [-0.15, -0.1) is 6.58 Å². The second-order valence-corrected chi connectivity index (χ2v) is 6.17. The molecule has 0 radical (unpaired) electrons. The van der Waals surface area contributed by atoms with Crippen molar-refractivity contribution in [2.24, 2.45) is 5.41 Å². The highest BCUT2D eigenvalue weighted by atomic mass is 16.5. The summed E-state index contributed by atoms with van der Waals surface area (Å²) in [5, 5.41) is 0. The molecule has 4 nitrogen and oxygen atoms in total. The number of hydrogen-bond acceptors (Lipinski definition) is 3. The van der Waals surface area contributed by atoms with Crippen molar-refractivity contribution in [2.45, 2.75) is 40.2 Å². The molecule has 1 rings (SSSR count). The second-order valence-electron chi connectivity index (χ2n) is 6.17. The molecule has 1 atom stereocenters. The highest BCUT2D eigenvalue weighted by Crippen LogP contribution is 2.22. The molecule has 1 amide bonds. The summed E-state index contributed by atoms with van der Waals surface area (Å²) in [4.78, 5) is 12.3. The van der Waals surface area contributed by atoms with Gasteiger partial charge < -0.3 is 4.74 Å². The van der Waals surface area contributed by atoms with Gasteiger partial charge in [0.2, 0.25) is 0 Å². The smallest absolute Gasteiger partial charge is 0.265 e. The number of carbonyl (C=O) groups is 1. The molecule has 0 saturated heterocycles. The Bertz CT molecular complexity index is 504. The molecule has 0 aromatic heterocycles. The molecule has 0 fully saturated rings. The van der Waals surface area contributed by atoms with E-state index in [0.29, 0.717) is 11.3 Å². The normalized spacial score (nSPS) is 12.6. The van der Waals surface area contributed by atoms with Crippen molar-refractivity contribution in [2.75, 3.05) is 7.11 Å². The monoisotopic (exact) mass is 290 g/mol. The third-order valence-corrected chi connectivity index (χ3v) is 3.56. The summed E-state index contributed by atoms with van der Waals surface area (Å²) in [7, 11) is 1.60. The largest absolute Gasteiger partial charge is 0.496 e. The van der Waals surface area contributed by atoms with E-state index in [-0.39, 0.29) is 17.4 Å². The summed E-state index contributed by atoms with van der Waals surface area (Å²) in [5.74, 6) is 0.547. The third-order valence-electron chi connectivity index (χ3n) is 3.56. The molecule has 0 aliphatic heterocycles. The number of amides is 1. The van der Waals surface area contributed by atoms with Gasteiger partial charge in [-0.2, -0.15) is 0 Å². The number of hydrazine groups is 1. The lowest BCUT2D eigenvalue weighted by atomic mass is 9.85. The number of methoxy groups -OCH3 is 1. The average molecular weight is 290 g/mol. The molecule has 1 aromatic carbocycles. The van der Waals surface area contributed by atoms with Gasteiger partial charge in [0.15, 0.2) is 0 Å². The highest BCUT2D eigenvalue weighted by molar-refractivity contribution is 5.95. The predicted octanol–water partition coefficient (Wildman–Crippen LogP) is 3.23. The van der Waals surface area contributed by atoms with Crippen LogP contribution in [-0.4, -0.2) is 19.1 Å². The second kappa shape index (κ2) is 7.27. The van der Waals surface area contributed by atoms with Gasteiger partial charge in [0.1, 0.15) is 5.75 Å². The quantitative estimate of drug-likeness (QED) is 0.624. The van der Waals surface area contributed by atoms with Crippen LogP contribution in [0.1, 0.15) is 43.1 Å². The van der Waals surface area contributed by atoms with Gasteiger partial charge in [-0.25, -0.2) is 5.43 Å². The zero-order chi connectivity index (χ0) is 16.0. The van der Waals surface area contributed by atoms with Crippen molar-refractivity contribution < 1.29 is 9.53 Å². The van der Waals surface area contributed by atoms with Gasteiger partial charge in [-0.1, -0.05) is 32.9 Å². The van der Waals surface area contributed by atoms with Crippen LogP contribution < -0.4 is 15.6 Å². The maximum Gasteiger partial charge on any atom is 0.265 e. The van der Waals surface area contributed by atoms with Gasteiger partial charge in [-0.05, 0) is 30.9 Å². The van der Waals surface area contributed by atoms with E-state index in [0.717, 1.165) is 12.0 Å². The van der Waals surface area contributed by atoms with Crippen LogP contribution in [0.25, 0.3) is 0 Å². The molecule has 1 aromatic rings. The van der Waals surface area contributed by atoms with Crippen LogP contribution in [0.4, 0.5) is 0 Å². The molecular formula is C17H26N2O2. The minimum Gasteiger partial charge on any atom is -0.496 e. The first-order chi connectivity index (χ1) is 9.81. The number of hydrogen-bond donors (Lipinski definition) is 2. The average Bonchev–Trinajstić information content (AvgIpc) is 2.42. The van der Waals surface area contributed by atoms with E-state index in [1.165, 1.54) is 0 Å². The number of nitrogens with one attached hydrogen (secondary N) is 2. The predicted molar refractivity (Wildman–Crippen MR) is 86.4 cm³/mol. The molecule has 116 valence electrons. The minimum atomic E-state index is -0.162. The molecule has 0 spiro atoms. The zero-order valence-electron chi connectivity index (χ0n) is 13.6. The lowest BCUT2D eigenvalue weighted by molar-refractivity contribution is 0.0907. The molecule has 0 bridgehead atoms. The van der Waals surface area contributed by atoms with Crippen molar-refractivity contribution in [1.82, 2.24) is 10.9 Å². The van der Waals surface area contributed by atoms with Gasteiger partial charge >= 0.3 is 0 Å². The topological polar surface area (TPSA) is 50.4 Å². The summed E-state index contributed by atoms with van der Waals surface area (Å²) < 4.78 is 5.24. The fourth-order valence-corrected chi connectivity index (χ4v) is 2.10. The molecule has 0 saturated carbocycles. The number of benzene rings is 1. The van der Waals surface area contributed by atoms with Gasteiger partial charge in [0, 0.05) is 17.2 Å². The number of carbonyl (C=O) groups excluding carboxylic acids is 1. The Kier molecular flexibility index (Phi) is 5.97. The first-order valence-electron chi connectivity index (χ1n) is 7.11. The van der Waals surface area contributed by atoms with E-state index < -0.39 is 0 Å². The summed E-state index contributed by atoms with van der Waals surface area (Å²) in [6.45, 7) is 12.0. The Morgan fingerprint density at radius 2 is 2.10 bits per heavy atom. The SMILES string of the molecule is C=CCC(NNC(=O)c1cccc(OC)c1C)C(C)(C)C. The third kappa shape index (κ3) is 4.60. The number of rotatable bonds is 6. The Labute approximate surface area is 127 Å². The maximum absolute atomic E-state index is 12.3. The summed E-state index contributed by atoms with van der Waals surface area (Å²) in [5.41, 5.74) is 7.35. The van der Waals surface area contributed by atoms with E-state index in [2.05, 4.69) is 38.2 Å². The van der Waals surface area contributed by atoms with E-state index in [1.807, 2.05) is 25.1 Å². The fraction of sp³-hybridized carbons (Fsp3) is 0.471. The first kappa shape index (κ1) is 17.2. The van der Waals surface area contributed by atoms with Crippen LogP contribution in [-0.2, 0) is 0 Å². The van der Waals surface area contributed by atoms with Crippen LogP contribution in [0.15, 0.2) is 30.9 Å².